The van der Waals surface area contributed by atoms with E-state index in [1.54, 1.807) is 42.6 Å². The lowest BCUT2D eigenvalue weighted by molar-refractivity contribution is -0.137. The van der Waals surface area contributed by atoms with Crippen LogP contribution in [0.25, 0.3) is 10.9 Å². The van der Waals surface area contributed by atoms with Crippen LogP contribution in [-0.2, 0) is 20.9 Å². The number of aryl methyl sites for hydroxylation is 1. The molecule has 0 bridgehead atoms. The number of pyridine rings is 1. The minimum absolute atomic E-state index is 0.0245. The number of carbonyl (C=O) groups excluding carboxylic acids is 5. The number of phenolic OH excluding ortho intramolecular Hbond substituents is 1. The van der Waals surface area contributed by atoms with Gasteiger partial charge in [-0.25, -0.2) is 0 Å². The molecule has 12 heteroatoms. The summed E-state index contributed by atoms with van der Waals surface area (Å²) < 4.78 is 0. The van der Waals surface area contributed by atoms with Crippen molar-refractivity contribution in [3.8, 4) is 5.75 Å². The molecule has 2 aliphatic rings. The van der Waals surface area contributed by atoms with E-state index in [9.17, 15) is 29.1 Å². The fourth-order valence-corrected chi connectivity index (χ4v) is 6.48. The molecule has 3 heterocycles. The first kappa shape index (κ1) is 33.1. The molecular formula is C37H38N6O6. The van der Waals surface area contributed by atoms with E-state index < -0.39 is 18.0 Å². The molecule has 4 aromatic rings. The molecule has 1 aromatic heterocycles. The van der Waals surface area contributed by atoms with Crippen molar-refractivity contribution in [2.24, 2.45) is 0 Å². The zero-order chi connectivity index (χ0) is 34.7. The van der Waals surface area contributed by atoms with E-state index in [1.807, 2.05) is 38.1 Å². The molecule has 0 aliphatic carbocycles. The number of piperidine rings is 1. The number of fused-ring (bicyclic) bond motifs is 2. The van der Waals surface area contributed by atoms with Crippen LogP contribution < -0.4 is 21.3 Å². The zero-order valence-electron chi connectivity index (χ0n) is 27.3. The van der Waals surface area contributed by atoms with Crippen molar-refractivity contribution in [2.45, 2.75) is 58.2 Å². The summed E-state index contributed by atoms with van der Waals surface area (Å²) in [5, 5.41) is 23.6. The molecule has 2 unspecified atom stereocenters. The van der Waals surface area contributed by atoms with E-state index in [0.717, 1.165) is 22.2 Å². The van der Waals surface area contributed by atoms with E-state index in [2.05, 4.69) is 26.3 Å². The monoisotopic (exact) mass is 662 g/mol. The Balaban J connectivity index is 1.11. The Hall–Kier alpha value is -5.78. The highest BCUT2D eigenvalue weighted by atomic mass is 16.3. The van der Waals surface area contributed by atoms with Crippen molar-refractivity contribution in [1.82, 2.24) is 25.8 Å². The number of hydrogen-bond donors (Lipinski definition) is 5. The molecule has 5 amide bonds. The van der Waals surface area contributed by atoms with Crippen LogP contribution in [0.3, 0.4) is 0 Å². The number of aromatic nitrogens is 1. The topological polar surface area (TPSA) is 170 Å². The highest BCUT2D eigenvalue weighted by molar-refractivity contribution is 6.05. The van der Waals surface area contributed by atoms with Crippen LogP contribution in [-0.4, -0.2) is 63.7 Å². The lowest BCUT2D eigenvalue weighted by atomic mass is 9.93. The number of amides is 5. The molecular weight excluding hydrogens is 624 g/mol. The van der Waals surface area contributed by atoms with Crippen LogP contribution in [0.15, 0.2) is 66.9 Å². The van der Waals surface area contributed by atoms with Crippen molar-refractivity contribution in [3.63, 3.8) is 0 Å². The second kappa shape index (κ2) is 14.1. The second-order valence-electron chi connectivity index (χ2n) is 12.4. The summed E-state index contributed by atoms with van der Waals surface area (Å²) in [5.41, 5.74) is 4.93. The first-order valence-electron chi connectivity index (χ1n) is 16.4. The van der Waals surface area contributed by atoms with E-state index in [0.29, 0.717) is 60.1 Å². The number of carbonyl (C=O) groups is 5. The number of nitrogens with one attached hydrogen (secondary N) is 4. The van der Waals surface area contributed by atoms with Crippen LogP contribution in [0.1, 0.15) is 81.6 Å². The van der Waals surface area contributed by atoms with Gasteiger partial charge in [0.15, 0.2) is 0 Å². The highest BCUT2D eigenvalue weighted by Crippen LogP contribution is 2.37. The SMILES string of the molecule is CCCC(=O)NC(c1cccc(C(=O)NCCNc2ccc3c(c2)CN(C2CCC(=O)NC2=O)C3=O)c1)c1cc(C)c2cccnc2c1O. The van der Waals surface area contributed by atoms with Crippen molar-refractivity contribution >= 4 is 46.1 Å². The van der Waals surface area contributed by atoms with Gasteiger partial charge in [-0.1, -0.05) is 25.1 Å². The van der Waals surface area contributed by atoms with E-state index in [-0.39, 0.29) is 42.3 Å². The Labute approximate surface area is 283 Å². The summed E-state index contributed by atoms with van der Waals surface area (Å²) in [6, 6.07) is 16.5. The number of phenols is 1. The number of imide groups is 1. The number of hydrogen-bond acceptors (Lipinski definition) is 8. The standard InChI is InChI=1S/C37H38N6O6/c1-3-6-30(44)41-32(28-17-21(2)26-9-5-14-39-33(26)34(28)46)22-7-4-8-23(18-22)35(47)40-16-15-38-25-10-11-27-24(19-25)20-43(37(27)49)29-12-13-31(45)42-36(29)48/h4-5,7-11,14,17-19,29,32,38,46H,3,6,12-13,15-16,20H2,1-2H3,(H,40,47)(H,41,44)(H,42,45,48). The van der Waals surface area contributed by atoms with Gasteiger partial charge in [-0.3, -0.25) is 34.3 Å². The summed E-state index contributed by atoms with van der Waals surface area (Å²) in [6.07, 6.45) is 3.08. The average Bonchev–Trinajstić information content (AvgIpc) is 3.42. The molecule has 49 heavy (non-hydrogen) atoms. The molecule has 6 rings (SSSR count). The van der Waals surface area contributed by atoms with E-state index in [1.165, 1.54) is 4.90 Å². The lowest BCUT2D eigenvalue weighted by Gasteiger charge is -2.29. The maximum atomic E-state index is 13.2. The van der Waals surface area contributed by atoms with Gasteiger partial charge in [-0.05, 0) is 78.9 Å². The van der Waals surface area contributed by atoms with Crippen LogP contribution in [0.4, 0.5) is 5.69 Å². The van der Waals surface area contributed by atoms with Crippen molar-refractivity contribution in [1.29, 1.82) is 0 Å². The molecule has 252 valence electrons. The lowest BCUT2D eigenvalue weighted by Crippen LogP contribution is -2.52. The smallest absolute Gasteiger partial charge is 0.255 e. The quantitative estimate of drug-likeness (QED) is 0.119. The number of nitrogens with zero attached hydrogens (tertiary/aromatic N) is 2. The number of benzene rings is 3. The Bertz CT molecular complexity index is 1980. The van der Waals surface area contributed by atoms with Crippen LogP contribution in [0, 0.1) is 6.92 Å². The predicted octanol–water partition coefficient (Wildman–Crippen LogP) is 3.86. The molecule has 0 saturated carbocycles. The molecule has 3 aromatic carbocycles. The number of aromatic hydroxyl groups is 1. The van der Waals surface area contributed by atoms with Gasteiger partial charge in [0.05, 0.1) is 6.04 Å². The summed E-state index contributed by atoms with van der Waals surface area (Å²) in [6.45, 7) is 4.82. The summed E-state index contributed by atoms with van der Waals surface area (Å²) in [5.74, 6) is -1.52. The first-order valence-corrected chi connectivity index (χ1v) is 16.4. The molecule has 2 atom stereocenters. The number of rotatable bonds is 11. The Kier molecular flexibility index (Phi) is 9.56. The maximum absolute atomic E-state index is 13.2. The fourth-order valence-electron chi connectivity index (χ4n) is 6.48. The summed E-state index contributed by atoms with van der Waals surface area (Å²) in [4.78, 5) is 68.8. The molecule has 5 N–H and O–H groups in total. The maximum Gasteiger partial charge on any atom is 0.255 e. The van der Waals surface area contributed by atoms with Gasteiger partial charge in [0.1, 0.15) is 17.3 Å². The van der Waals surface area contributed by atoms with Gasteiger partial charge in [0.25, 0.3) is 11.8 Å². The normalized spacial score (nSPS) is 16.2. The average molecular weight is 663 g/mol. The van der Waals surface area contributed by atoms with Crippen molar-refractivity contribution in [3.05, 3.63) is 100 Å². The van der Waals surface area contributed by atoms with Crippen LogP contribution in [0.5, 0.6) is 5.75 Å². The van der Waals surface area contributed by atoms with Gasteiger partial charge >= 0.3 is 0 Å². The molecule has 1 fully saturated rings. The van der Waals surface area contributed by atoms with Crippen molar-refractivity contribution in [2.75, 3.05) is 18.4 Å². The largest absolute Gasteiger partial charge is 0.505 e. The van der Waals surface area contributed by atoms with Gasteiger partial charge in [0, 0.05) is 66.4 Å². The Morgan fingerprint density at radius 1 is 1.06 bits per heavy atom. The zero-order valence-corrected chi connectivity index (χ0v) is 27.3. The van der Waals surface area contributed by atoms with Crippen LogP contribution in [0.2, 0.25) is 0 Å². The molecule has 0 spiro atoms. The Morgan fingerprint density at radius 3 is 2.69 bits per heavy atom. The van der Waals surface area contributed by atoms with Gasteiger partial charge < -0.3 is 26.0 Å². The minimum atomic E-state index is -0.712. The molecule has 1 saturated heterocycles. The van der Waals surface area contributed by atoms with E-state index >= 15 is 0 Å². The minimum Gasteiger partial charge on any atom is -0.505 e. The van der Waals surface area contributed by atoms with Gasteiger partial charge in [-0.15, -0.1) is 0 Å². The fraction of sp³-hybridized carbons (Fsp3) is 0.297. The third-order valence-corrected chi connectivity index (χ3v) is 8.94. The second-order valence-corrected chi connectivity index (χ2v) is 12.4. The Morgan fingerprint density at radius 2 is 1.90 bits per heavy atom. The first-order chi connectivity index (χ1) is 23.6. The third kappa shape index (κ3) is 6.94. The summed E-state index contributed by atoms with van der Waals surface area (Å²) in [7, 11) is 0. The highest BCUT2D eigenvalue weighted by Gasteiger charge is 2.39. The molecule has 0 radical (unpaired) electrons. The van der Waals surface area contributed by atoms with E-state index in [4.69, 9.17) is 0 Å². The van der Waals surface area contributed by atoms with Gasteiger partial charge in [0.2, 0.25) is 17.7 Å². The predicted molar refractivity (Wildman–Crippen MR) is 183 cm³/mol. The summed E-state index contributed by atoms with van der Waals surface area (Å²) >= 11 is 0. The van der Waals surface area contributed by atoms with Crippen LogP contribution >= 0.6 is 0 Å². The van der Waals surface area contributed by atoms with Gasteiger partial charge in [-0.2, -0.15) is 0 Å². The number of anilines is 1. The molecule has 2 aliphatic heterocycles. The third-order valence-electron chi connectivity index (χ3n) is 8.94. The molecule has 12 nitrogen and oxygen atoms in total. The van der Waals surface area contributed by atoms with Crippen molar-refractivity contribution < 1.29 is 29.1 Å².